The van der Waals surface area contributed by atoms with Crippen LogP contribution in [0.5, 0.6) is 0 Å². The summed E-state index contributed by atoms with van der Waals surface area (Å²) in [6, 6.07) is 0. The van der Waals surface area contributed by atoms with Gasteiger partial charge in [-0.05, 0) is 40.5 Å². The fraction of sp³-hybridized carbons (Fsp3) is 1.00. The van der Waals surface area contributed by atoms with Gasteiger partial charge in [-0.2, -0.15) is 0 Å². The Morgan fingerprint density at radius 2 is 1.69 bits per heavy atom. The van der Waals surface area contributed by atoms with Crippen LogP contribution < -0.4 is 0 Å². The molecule has 13 heavy (non-hydrogen) atoms. The molecule has 0 amide bonds. The maximum atomic E-state index is 5.74. The van der Waals surface area contributed by atoms with Crippen molar-refractivity contribution < 1.29 is 9.47 Å². The minimum Gasteiger partial charge on any atom is -0.350 e. The summed E-state index contributed by atoms with van der Waals surface area (Å²) in [6.07, 6.45) is 2.20. The number of hydrogen-bond acceptors (Lipinski definition) is 2. The molecule has 80 valence electrons. The van der Waals surface area contributed by atoms with Crippen LogP contribution in [0.4, 0.5) is 0 Å². The lowest BCUT2D eigenvalue weighted by Gasteiger charge is -2.29. The average Bonchev–Trinajstić information content (AvgIpc) is 2.03. The number of rotatable bonds is 6. The molecule has 2 heteroatoms. The summed E-state index contributed by atoms with van der Waals surface area (Å²) in [5.41, 5.74) is -0.0765. The van der Waals surface area contributed by atoms with Gasteiger partial charge in [-0.25, -0.2) is 0 Å². The molecule has 0 bridgehead atoms. The molecule has 0 spiro atoms. The molecule has 0 aliphatic carbocycles. The van der Waals surface area contributed by atoms with Crippen molar-refractivity contribution in [1.29, 1.82) is 0 Å². The third-order valence-electron chi connectivity index (χ3n) is 2.34. The second-order valence-corrected chi connectivity index (χ2v) is 4.15. The fourth-order valence-electron chi connectivity index (χ4n) is 0.984. The third-order valence-corrected chi connectivity index (χ3v) is 2.34. The summed E-state index contributed by atoms with van der Waals surface area (Å²) in [6.45, 7) is 12.4. The van der Waals surface area contributed by atoms with Gasteiger partial charge in [0.15, 0.2) is 6.29 Å². The van der Waals surface area contributed by atoms with Crippen LogP contribution in [-0.2, 0) is 9.47 Å². The SMILES string of the molecule is CCC(C)OC(C)OC(C)(C)CC. The second kappa shape index (κ2) is 5.61. The predicted octanol–water partition coefficient (Wildman–Crippen LogP) is 3.35. The summed E-state index contributed by atoms with van der Waals surface area (Å²) < 4.78 is 11.4. The molecule has 2 nitrogen and oxygen atoms in total. The van der Waals surface area contributed by atoms with Crippen molar-refractivity contribution in [2.24, 2.45) is 0 Å². The summed E-state index contributed by atoms with van der Waals surface area (Å²) in [7, 11) is 0. The molecular formula is C11H24O2. The highest BCUT2D eigenvalue weighted by Crippen LogP contribution is 2.17. The highest BCUT2D eigenvalue weighted by molar-refractivity contribution is 4.65. The van der Waals surface area contributed by atoms with E-state index in [1.807, 2.05) is 6.92 Å². The monoisotopic (exact) mass is 188 g/mol. The van der Waals surface area contributed by atoms with Gasteiger partial charge in [0, 0.05) is 0 Å². The minimum absolute atomic E-state index is 0.0765. The molecule has 0 rings (SSSR count). The highest BCUT2D eigenvalue weighted by Gasteiger charge is 2.20. The molecule has 0 aliphatic rings. The van der Waals surface area contributed by atoms with E-state index in [0.29, 0.717) is 0 Å². The largest absolute Gasteiger partial charge is 0.350 e. The Hall–Kier alpha value is -0.0800. The van der Waals surface area contributed by atoms with Crippen molar-refractivity contribution in [3.8, 4) is 0 Å². The van der Waals surface area contributed by atoms with Crippen LogP contribution in [0.25, 0.3) is 0 Å². The molecule has 0 N–H and O–H groups in total. The quantitative estimate of drug-likeness (QED) is 0.595. The predicted molar refractivity (Wildman–Crippen MR) is 55.8 cm³/mol. The van der Waals surface area contributed by atoms with Gasteiger partial charge in [0.05, 0.1) is 11.7 Å². The first-order chi connectivity index (χ1) is 5.91. The Labute approximate surface area is 82.6 Å². The standard InChI is InChI=1S/C11H24O2/c1-7-9(3)12-10(4)13-11(5,6)8-2/h9-10H,7-8H2,1-6H3. The average molecular weight is 188 g/mol. The van der Waals surface area contributed by atoms with Gasteiger partial charge in [0.2, 0.25) is 0 Å². The van der Waals surface area contributed by atoms with E-state index in [4.69, 9.17) is 9.47 Å². The van der Waals surface area contributed by atoms with E-state index < -0.39 is 0 Å². The zero-order valence-electron chi connectivity index (χ0n) is 9.89. The maximum absolute atomic E-state index is 5.74. The van der Waals surface area contributed by atoms with Gasteiger partial charge in [0.1, 0.15) is 0 Å². The zero-order valence-corrected chi connectivity index (χ0v) is 9.89. The molecule has 0 aromatic carbocycles. The van der Waals surface area contributed by atoms with Crippen LogP contribution >= 0.6 is 0 Å². The first-order valence-corrected chi connectivity index (χ1v) is 5.24. The molecule has 0 aliphatic heterocycles. The van der Waals surface area contributed by atoms with E-state index in [-0.39, 0.29) is 18.0 Å². The van der Waals surface area contributed by atoms with Crippen molar-refractivity contribution in [3.63, 3.8) is 0 Å². The molecule has 0 saturated heterocycles. The van der Waals surface area contributed by atoms with Crippen LogP contribution in [-0.4, -0.2) is 18.0 Å². The van der Waals surface area contributed by atoms with Crippen LogP contribution in [0, 0.1) is 0 Å². The Kier molecular flexibility index (Phi) is 5.57. The molecule has 2 unspecified atom stereocenters. The van der Waals surface area contributed by atoms with Crippen molar-refractivity contribution in [1.82, 2.24) is 0 Å². The summed E-state index contributed by atoms with van der Waals surface area (Å²) in [5, 5.41) is 0. The number of hydrogen-bond donors (Lipinski definition) is 0. The zero-order chi connectivity index (χ0) is 10.5. The van der Waals surface area contributed by atoms with E-state index in [1.165, 1.54) is 0 Å². The molecule has 0 heterocycles. The lowest BCUT2D eigenvalue weighted by molar-refractivity contribution is -0.208. The second-order valence-electron chi connectivity index (χ2n) is 4.15. The summed E-state index contributed by atoms with van der Waals surface area (Å²) in [5.74, 6) is 0. The highest BCUT2D eigenvalue weighted by atomic mass is 16.7. The van der Waals surface area contributed by atoms with Crippen LogP contribution in [0.15, 0.2) is 0 Å². The van der Waals surface area contributed by atoms with Crippen LogP contribution in [0.1, 0.15) is 54.4 Å². The van der Waals surface area contributed by atoms with E-state index in [9.17, 15) is 0 Å². The van der Waals surface area contributed by atoms with Gasteiger partial charge in [-0.15, -0.1) is 0 Å². The molecule has 0 saturated carbocycles. The lowest BCUT2D eigenvalue weighted by Crippen LogP contribution is -2.31. The normalized spacial score (nSPS) is 17.1. The van der Waals surface area contributed by atoms with Crippen LogP contribution in [0.2, 0.25) is 0 Å². The first kappa shape index (κ1) is 12.9. The van der Waals surface area contributed by atoms with E-state index in [2.05, 4.69) is 34.6 Å². The molecule has 2 atom stereocenters. The van der Waals surface area contributed by atoms with Gasteiger partial charge in [0.25, 0.3) is 0 Å². The lowest BCUT2D eigenvalue weighted by atomic mass is 10.1. The Morgan fingerprint density at radius 3 is 2.08 bits per heavy atom. The summed E-state index contributed by atoms with van der Waals surface area (Å²) >= 11 is 0. The van der Waals surface area contributed by atoms with E-state index >= 15 is 0 Å². The first-order valence-electron chi connectivity index (χ1n) is 5.24. The molecular weight excluding hydrogens is 164 g/mol. The Bertz CT molecular complexity index is 132. The molecule has 0 radical (unpaired) electrons. The van der Waals surface area contributed by atoms with Crippen molar-refractivity contribution >= 4 is 0 Å². The minimum atomic E-state index is -0.107. The van der Waals surface area contributed by atoms with E-state index in [0.717, 1.165) is 12.8 Å². The summed E-state index contributed by atoms with van der Waals surface area (Å²) in [4.78, 5) is 0. The van der Waals surface area contributed by atoms with Crippen LogP contribution in [0.3, 0.4) is 0 Å². The van der Waals surface area contributed by atoms with Crippen molar-refractivity contribution in [2.75, 3.05) is 0 Å². The topological polar surface area (TPSA) is 18.5 Å². The molecule has 0 aromatic heterocycles. The molecule has 0 aromatic rings. The Morgan fingerprint density at radius 1 is 1.15 bits per heavy atom. The van der Waals surface area contributed by atoms with E-state index in [1.54, 1.807) is 0 Å². The third kappa shape index (κ3) is 6.05. The van der Waals surface area contributed by atoms with Gasteiger partial charge >= 0.3 is 0 Å². The van der Waals surface area contributed by atoms with Gasteiger partial charge in [-0.1, -0.05) is 13.8 Å². The smallest absolute Gasteiger partial charge is 0.155 e. The number of ether oxygens (including phenoxy) is 2. The van der Waals surface area contributed by atoms with Gasteiger partial charge in [-0.3, -0.25) is 0 Å². The maximum Gasteiger partial charge on any atom is 0.155 e. The van der Waals surface area contributed by atoms with Gasteiger partial charge < -0.3 is 9.47 Å². The van der Waals surface area contributed by atoms with Crippen molar-refractivity contribution in [2.45, 2.75) is 72.4 Å². The van der Waals surface area contributed by atoms with Crippen molar-refractivity contribution in [3.05, 3.63) is 0 Å². The Balaban J connectivity index is 3.79. The molecule has 0 fully saturated rings. The fourth-order valence-corrected chi connectivity index (χ4v) is 0.984.